The zero-order valence-electron chi connectivity index (χ0n) is 5.15. The highest BCUT2D eigenvalue weighted by atomic mass is 35.5. The number of hydroxylamine groups is 1. The number of hydrogen-bond donors (Lipinski definition) is 4. The predicted octanol–water partition coefficient (Wildman–Crippen LogP) is -0.777. The minimum absolute atomic E-state index is 0. The number of carboxylic acids is 1. The van der Waals surface area contributed by atoms with E-state index in [9.17, 15) is 4.79 Å². The van der Waals surface area contributed by atoms with Crippen molar-refractivity contribution in [1.82, 2.24) is 5.48 Å². The fraction of sp³-hybridized carbons (Fsp3) is 0.750. The van der Waals surface area contributed by atoms with Crippen molar-refractivity contribution in [2.24, 2.45) is 0 Å². The number of nitrogens with one attached hydrogen (secondary N) is 1. The van der Waals surface area contributed by atoms with Crippen molar-refractivity contribution in [3.05, 3.63) is 0 Å². The van der Waals surface area contributed by atoms with Crippen LogP contribution in [0.4, 0.5) is 0 Å². The van der Waals surface area contributed by atoms with Gasteiger partial charge in [0, 0.05) is 6.54 Å². The molecule has 5 nitrogen and oxygen atoms in total. The molecule has 0 saturated carbocycles. The minimum Gasteiger partial charge on any atom is -0.481 e. The van der Waals surface area contributed by atoms with Crippen molar-refractivity contribution in [3.8, 4) is 0 Å². The summed E-state index contributed by atoms with van der Waals surface area (Å²) in [4.78, 5) is 9.82. The van der Waals surface area contributed by atoms with Gasteiger partial charge in [0.1, 0.15) is 0 Å². The quantitative estimate of drug-likeness (QED) is 0.417. The molecular formula is C4H10ClNO4. The summed E-state index contributed by atoms with van der Waals surface area (Å²) in [6.07, 6.45) is -1.37. The lowest BCUT2D eigenvalue weighted by Gasteiger charge is -2.03. The molecule has 0 radical (unpaired) electrons. The van der Waals surface area contributed by atoms with Crippen LogP contribution >= 0.6 is 12.4 Å². The topological polar surface area (TPSA) is 89.8 Å². The van der Waals surface area contributed by atoms with E-state index in [1.165, 1.54) is 0 Å². The minimum atomic E-state index is -1.09. The average molecular weight is 172 g/mol. The molecule has 0 aromatic heterocycles. The van der Waals surface area contributed by atoms with Crippen molar-refractivity contribution in [1.29, 1.82) is 0 Å². The standard InChI is InChI=1S/C4H9NO4.ClH/c6-3(2-5-9)1-4(7)8;/h3,5-6,9H,1-2H2,(H,7,8);1H. The van der Waals surface area contributed by atoms with E-state index >= 15 is 0 Å². The molecule has 0 aliphatic carbocycles. The number of aliphatic hydroxyl groups excluding tert-OH is 1. The van der Waals surface area contributed by atoms with E-state index in [1.807, 2.05) is 0 Å². The number of hydrogen-bond acceptors (Lipinski definition) is 4. The molecule has 4 N–H and O–H groups in total. The summed E-state index contributed by atoms with van der Waals surface area (Å²) in [5.74, 6) is -1.09. The van der Waals surface area contributed by atoms with Crippen LogP contribution in [0.3, 0.4) is 0 Å². The molecule has 10 heavy (non-hydrogen) atoms. The molecule has 0 aliphatic rings. The van der Waals surface area contributed by atoms with Crippen molar-refractivity contribution >= 4 is 18.4 Å². The largest absolute Gasteiger partial charge is 0.481 e. The molecule has 0 aromatic carbocycles. The van der Waals surface area contributed by atoms with E-state index in [2.05, 4.69) is 0 Å². The summed E-state index contributed by atoms with van der Waals surface area (Å²) in [7, 11) is 0. The number of rotatable bonds is 4. The first kappa shape index (κ1) is 12.3. The summed E-state index contributed by atoms with van der Waals surface area (Å²) in [5, 5.41) is 24.6. The van der Waals surface area contributed by atoms with Crippen molar-refractivity contribution in [2.45, 2.75) is 12.5 Å². The summed E-state index contributed by atoms with van der Waals surface area (Å²) in [6, 6.07) is 0. The number of aliphatic carboxylic acids is 1. The van der Waals surface area contributed by atoms with Crippen LogP contribution in [-0.2, 0) is 4.79 Å². The van der Waals surface area contributed by atoms with Gasteiger partial charge in [-0.15, -0.1) is 12.4 Å². The molecule has 0 heterocycles. The first-order valence-electron chi connectivity index (χ1n) is 2.43. The Bertz CT molecular complexity index is 99.3. The van der Waals surface area contributed by atoms with Gasteiger partial charge in [-0.25, -0.2) is 5.48 Å². The SMILES string of the molecule is Cl.O=C(O)CC(O)CNO. The first-order valence-corrected chi connectivity index (χ1v) is 2.43. The third-order valence-electron chi connectivity index (χ3n) is 0.737. The number of carboxylic acid groups (broad SMARTS) is 1. The lowest BCUT2D eigenvalue weighted by molar-refractivity contribution is -0.139. The predicted molar refractivity (Wildman–Crippen MR) is 35.3 cm³/mol. The zero-order chi connectivity index (χ0) is 7.28. The number of aliphatic hydroxyl groups is 1. The fourth-order valence-electron chi connectivity index (χ4n) is 0.379. The molecule has 6 heteroatoms. The molecule has 0 fully saturated rings. The Morgan fingerprint density at radius 2 is 2.10 bits per heavy atom. The Hall–Kier alpha value is -0.360. The van der Waals surface area contributed by atoms with Gasteiger partial charge in [-0.1, -0.05) is 0 Å². The molecule has 0 aliphatic heterocycles. The summed E-state index contributed by atoms with van der Waals surface area (Å²) < 4.78 is 0. The molecule has 62 valence electrons. The average Bonchev–Trinajstić information content (AvgIpc) is 1.63. The Balaban J connectivity index is 0. The van der Waals surface area contributed by atoms with Crippen molar-refractivity contribution in [2.75, 3.05) is 6.54 Å². The Morgan fingerprint density at radius 3 is 2.40 bits per heavy atom. The van der Waals surface area contributed by atoms with Gasteiger partial charge >= 0.3 is 5.97 Å². The molecule has 1 unspecified atom stereocenters. The molecule has 0 rings (SSSR count). The van der Waals surface area contributed by atoms with Crippen molar-refractivity contribution < 1.29 is 20.2 Å². The number of carbonyl (C=O) groups is 1. The molecule has 0 spiro atoms. The Labute approximate surface area is 64.0 Å². The highest BCUT2D eigenvalue weighted by Crippen LogP contribution is 1.87. The molecule has 0 amide bonds. The molecule has 0 saturated heterocycles. The van der Waals surface area contributed by atoms with Gasteiger partial charge < -0.3 is 15.4 Å². The summed E-state index contributed by atoms with van der Waals surface area (Å²) >= 11 is 0. The van der Waals surface area contributed by atoms with Gasteiger partial charge in [-0.05, 0) is 0 Å². The van der Waals surface area contributed by atoms with Gasteiger partial charge in [-0.2, -0.15) is 0 Å². The van der Waals surface area contributed by atoms with E-state index in [0.29, 0.717) is 0 Å². The molecule has 0 bridgehead atoms. The van der Waals surface area contributed by atoms with Crippen molar-refractivity contribution in [3.63, 3.8) is 0 Å². The van der Waals surface area contributed by atoms with Gasteiger partial charge in [0.2, 0.25) is 0 Å². The third-order valence-corrected chi connectivity index (χ3v) is 0.737. The maximum absolute atomic E-state index is 9.82. The van der Waals surface area contributed by atoms with Gasteiger partial charge in [0.15, 0.2) is 0 Å². The monoisotopic (exact) mass is 171 g/mol. The highest BCUT2D eigenvalue weighted by molar-refractivity contribution is 5.85. The van der Waals surface area contributed by atoms with E-state index in [-0.39, 0.29) is 25.4 Å². The second-order valence-corrected chi connectivity index (χ2v) is 1.61. The zero-order valence-corrected chi connectivity index (χ0v) is 5.97. The maximum atomic E-state index is 9.82. The van der Waals surface area contributed by atoms with Gasteiger partial charge in [0.05, 0.1) is 12.5 Å². The highest BCUT2D eigenvalue weighted by Gasteiger charge is 2.07. The maximum Gasteiger partial charge on any atom is 0.306 e. The lowest BCUT2D eigenvalue weighted by atomic mass is 10.3. The third kappa shape index (κ3) is 7.64. The normalized spacial score (nSPS) is 11.8. The van der Waals surface area contributed by atoms with Crippen LogP contribution in [0, 0.1) is 0 Å². The second kappa shape index (κ2) is 6.76. The second-order valence-electron chi connectivity index (χ2n) is 1.61. The van der Waals surface area contributed by atoms with Crippen LogP contribution in [0.15, 0.2) is 0 Å². The smallest absolute Gasteiger partial charge is 0.306 e. The lowest BCUT2D eigenvalue weighted by Crippen LogP contribution is -2.26. The van der Waals surface area contributed by atoms with Crippen LogP contribution in [0.25, 0.3) is 0 Å². The van der Waals surface area contributed by atoms with E-state index in [4.69, 9.17) is 15.4 Å². The van der Waals surface area contributed by atoms with E-state index in [1.54, 1.807) is 5.48 Å². The van der Waals surface area contributed by atoms with E-state index < -0.39 is 12.1 Å². The van der Waals surface area contributed by atoms with E-state index in [0.717, 1.165) is 0 Å². The van der Waals surface area contributed by atoms with Crippen LogP contribution in [0.1, 0.15) is 6.42 Å². The molecular weight excluding hydrogens is 162 g/mol. The number of halogens is 1. The van der Waals surface area contributed by atoms with Crippen LogP contribution in [0.5, 0.6) is 0 Å². The van der Waals surface area contributed by atoms with Gasteiger partial charge in [-0.3, -0.25) is 4.79 Å². The van der Waals surface area contributed by atoms with Crippen LogP contribution in [-0.4, -0.2) is 34.0 Å². The van der Waals surface area contributed by atoms with Gasteiger partial charge in [0.25, 0.3) is 0 Å². The fourth-order valence-corrected chi connectivity index (χ4v) is 0.379. The van der Waals surface area contributed by atoms with Crippen LogP contribution < -0.4 is 5.48 Å². The summed E-state index contributed by atoms with van der Waals surface area (Å²) in [5.41, 5.74) is 1.66. The summed E-state index contributed by atoms with van der Waals surface area (Å²) in [6.45, 7) is -0.119. The molecule has 0 aromatic rings. The first-order chi connectivity index (χ1) is 4.16. The Morgan fingerprint density at radius 1 is 1.60 bits per heavy atom. The molecule has 1 atom stereocenters. The van der Waals surface area contributed by atoms with Crippen LogP contribution in [0.2, 0.25) is 0 Å². The Kier molecular flexibility index (Phi) is 8.33.